The van der Waals surface area contributed by atoms with Crippen LogP contribution in [0.15, 0.2) is 18.2 Å². The van der Waals surface area contributed by atoms with Gasteiger partial charge in [0.15, 0.2) is 0 Å². The highest BCUT2D eigenvalue weighted by molar-refractivity contribution is 7.12. The van der Waals surface area contributed by atoms with Crippen LogP contribution in [0.25, 0.3) is 0 Å². The summed E-state index contributed by atoms with van der Waals surface area (Å²) in [7, 11) is 0. The van der Waals surface area contributed by atoms with Crippen LogP contribution in [-0.2, 0) is 0 Å². The highest BCUT2D eigenvalue weighted by atomic mass is 32.1. The van der Waals surface area contributed by atoms with Crippen LogP contribution in [-0.4, -0.2) is 6.54 Å². The third-order valence-electron chi connectivity index (χ3n) is 3.16. The molecular weight excluding hydrogens is 226 g/mol. The summed E-state index contributed by atoms with van der Waals surface area (Å²) in [4.78, 5) is 2.90. The maximum Gasteiger partial charge on any atom is 0.0452 e. The van der Waals surface area contributed by atoms with E-state index in [1.165, 1.54) is 27.3 Å². The second-order valence-corrected chi connectivity index (χ2v) is 5.99. The van der Waals surface area contributed by atoms with E-state index in [-0.39, 0.29) is 0 Å². The third-order valence-corrected chi connectivity index (χ3v) is 4.43. The molecule has 0 aliphatic rings. The van der Waals surface area contributed by atoms with E-state index in [4.69, 9.17) is 0 Å². The molecule has 1 N–H and O–H groups in total. The van der Waals surface area contributed by atoms with E-state index in [1.54, 1.807) is 0 Å². The normalized spacial score (nSPS) is 12.7. The Kier molecular flexibility index (Phi) is 5.93. The van der Waals surface area contributed by atoms with Crippen molar-refractivity contribution in [2.45, 2.75) is 53.0 Å². The standard InChI is InChI=1S/C15H25NS/c1-6-8-16-14(9-11(3)7-2)15-10-12(4)13(5)17-15/h10,14,16H,3,6-9H2,1-2,4-5H3. The monoisotopic (exact) mass is 251 g/mol. The Morgan fingerprint density at radius 1 is 1.41 bits per heavy atom. The highest BCUT2D eigenvalue weighted by Crippen LogP contribution is 2.30. The lowest BCUT2D eigenvalue weighted by molar-refractivity contribution is 0.530. The zero-order valence-electron chi connectivity index (χ0n) is 11.6. The van der Waals surface area contributed by atoms with Gasteiger partial charge in [-0.2, -0.15) is 0 Å². The molecule has 0 fully saturated rings. The van der Waals surface area contributed by atoms with Crippen LogP contribution in [0.3, 0.4) is 0 Å². The van der Waals surface area contributed by atoms with Crippen molar-refractivity contribution in [3.63, 3.8) is 0 Å². The number of nitrogens with one attached hydrogen (secondary N) is 1. The maximum atomic E-state index is 4.14. The van der Waals surface area contributed by atoms with Crippen molar-refractivity contribution in [1.82, 2.24) is 5.32 Å². The second-order valence-electron chi connectivity index (χ2n) is 4.70. The van der Waals surface area contributed by atoms with Gasteiger partial charge in [0.05, 0.1) is 0 Å². The first-order chi connectivity index (χ1) is 8.08. The van der Waals surface area contributed by atoms with Gasteiger partial charge in [-0.05, 0) is 51.3 Å². The first kappa shape index (κ1) is 14.5. The minimum atomic E-state index is 0.458. The Morgan fingerprint density at radius 2 is 2.12 bits per heavy atom. The zero-order valence-corrected chi connectivity index (χ0v) is 12.4. The quantitative estimate of drug-likeness (QED) is 0.689. The number of aryl methyl sites for hydroxylation is 2. The molecule has 0 saturated carbocycles. The summed E-state index contributed by atoms with van der Waals surface area (Å²) in [6.07, 6.45) is 3.32. The van der Waals surface area contributed by atoms with Crippen molar-refractivity contribution >= 4 is 11.3 Å². The third kappa shape index (κ3) is 4.29. The lowest BCUT2D eigenvalue weighted by atomic mass is 10.0. The smallest absolute Gasteiger partial charge is 0.0452 e. The van der Waals surface area contributed by atoms with Crippen LogP contribution in [0.4, 0.5) is 0 Å². The molecule has 1 aromatic rings. The summed E-state index contributed by atoms with van der Waals surface area (Å²) in [6, 6.07) is 2.79. The van der Waals surface area contributed by atoms with Gasteiger partial charge >= 0.3 is 0 Å². The lowest BCUT2D eigenvalue weighted by Gasteiger charge is -2.18. The number of thiophene rings is 1. The molecule has 0 bridgehead atoms. The Bertz CT molecular complexity index is 345. The lowest BCUT2D eigenvalue weighted by Crippen LogP contribution is -2.21. The predicted octanol–water partition coefficient (Wildman–Crippen LogP) is 4.76. The fourth-order valence-corrected chi connectivity index (χ4v) is 2.92. The topological polar surface area (TPSA) is 12.0 Å². The predicted molar refractivity (Wildman–Crippen MR) is 78.9 cm³/mol. The molecule has 1 aromatic heterocycles. The number of rotatable bonds is 7. The van der Waals surface area contributed by atoms with Crippen LogP contribution in [0.2, 0.25) is 0 Å². The molecule has 0 aliphatic heterocycles. The Balaban J connectivity index is 2.77. The molecule has 96 valence electrons. The van der Waals surface area contributed by atoms with E-state index in [1.807, 2.05) is 11.3 Å². The number of hydrogen-bond acceptors (Lipinski definition) is 2. The Hall–Kier alpha value is -0.600. The summed E-state index contributed by atoms with van der Waals surface area (Å²) in [5.41, 5.74) is 2.75. The molecule has 0 amide bonds. The Labute approximate surface area is 110 Å². The molecule has 0 radical (unpaired) electrons. The molecule has 0 saturated heterocycles. The van der Waals surface area contributed by atoms with Crippen LogP contribution in [0.1, 0.15) is 54.5 Å². The molecule has 1 nitrogen and oxygen atoms in total. The van der Waals surface area contributed by atoms with E-state index < -0.39 is 0 Å². The molecule has 17 heavy (non-hydrogen) atoms. The van der Waals surface area contributed by atoms with Gasteiger partial charge in [-0.3, -0.25) is 0 Å². The molecule has 1 rings (SSSR count). The summed E-state index contributed by atoms with van der Waals surface area (Å²) in [6.45, 7) is 14.0. The van der Waals surface area contributed by atoms with E-state index in [9.17, 15) is 0 Å². The van der Waals surface area contributed by atoms with E-state index in [0.29, 0.717) is 6.04 Å². The van der Waals surface area contributed by atoms with Crippen molar-refractivity contribution in [2.24, 2.45) is 0 Å². The average Bonchev–Trinajstić information content (AvgIpc) is 2.64. The van der Waals surface area contributed by atoms with E-state index >= 15 is 0 Å². The largest absolute Gasteiger partial charge is 0.309 e. The van der Waals surface area contributed by atoms with Crippen LogP contribution < -0.4 is 5.32 Å². The molecule has 1 atom stereocenters. The van der Waals surface area contributed by atoms with Gasteiger partial charge in [0, 0.05) is 15.8 Å². The van der Waals surface area contributed by atoms with Crippen LogP contribution in [0, 0.1) is 13.8 Å². The first-order valence-corrected chi connectivity index (χ1v) is 7.37. The minimum Gasteiger partial charge on any atom is -0.309 e. The van der Waals surface area contributed by atoms with Crippen LogP contribution in [0.5, 0.6) is 0 Å². The van der Waals surface area contributed by atoms with Crippen molar-refractivity contribution < 1.29 is 0 Å². The van der Waals surface area contributed by atoms with Gasteiger partial charge in [0.25, 0.3) is 0 Å². The van der Waals surface area contributed by atoms with Crippen LogP contribution >= 0.6 is 11.3 Å². The SMILES string of the molecule is C=C(CC)CC(NCCC)c1cc(C)c(C)s1. The van der Waals surface area contributed by atoms with Crippen molar-refractivity contribution in [2.75, 3.05) is 6.54 Å². The molecule has 1 heterocycles. The molecule has 0 aromatic carbocycles. The summed E-state index contributed by atoms with van der Waals surface area (Å²) >= 11 is 1.92. The van der Waals surface area contributed by atoms with Crippen molar-refractivity contribution in [1.29, 1.82) is 0 Å². The van der Waals surface area contributed by atoms with Gasteiger partial charge < -0.3 is 5.32 Å². The Morgan fingerprint density at radius 3 is 2.59 bits per heavy atom. The summed E-state index contributed by atoms with van der Waals surface area (Å²) in [5, 5.41) is 3.64. The number of hydrogen-bond donors (Lipinski definition) is 1. The fourth-order valence-electron chi connectivity index (χ4n) is 1.80. The van der Waals surface area contributed by atoms with Gasteiger partial charge in [0.2, 0.25) is 0 Å². The van der Waals surface area contributed by atoms with E-state index in [0.717, 1.165) is 19.4 Å². The summed E-state index contributed by atoms with van der Waals surface area (Å²) in [5.74, 6) is 0. The maximum absolute atomic E-state index is 4.14. The summed E-state index contributed by atoms with van der Waals surface area (Å²) < 4.78 is 0. The molecule has 0 spiro atoms. The zero-order chi connectivity index (χ0) is 12.8. The minimum absolute atomic E-state index is 0.458. The van der Waals surface area contributed by atoms with Gasteiger partial charge in [0.1, 0.15) is 0 Å². The molecular formula is C15H25NS. The van der Waals surface area contributed by atoms with Gasteiger partial charge in [-0.15, -0.1) is 11.3 Å². The second kappa shape index (κ2) is 6.97. The molecule has 2 heteroatoms. The first-order valence-electron chi connectivity index (χ1n) is 6.55. The molecule has 1 unspecified atom stereocenters. The van der Waals surface area contributed by atoms with Crippen molar-refractivity contribution in [3.8, 4) is 0 Å². The highest BCUT2D eigenvalue weighted by Gasteiger charge is 2.14. The van der Waals surface area contributed by atoms with Crippen molar-refractivity contribution in [3.05, 3.63) is 33.5 Å². The van der Waals surface area contributed by atoms with E-state index in [2.05, 4.69) is 45.7 Å². The fraction of sp³-hybridized carbons (Fsp3) is 0.600. The molecule has 0 aliphatic carbocycles. The average molecular weight is 251 g/mol. The van der Waals surface area contributed by atoms with Gasteiger partial charge in [-0.1, -0.05) is 26.0 Å². The van der Waals surface area contributed by atoms with Gasteiger partial charge in [-0.25, -0.2) is 0 Å².